The second kappa shape index (κ2) is 2.41. The van der Waals surface area contributed by atoms with Crippen LogP contribution in [-0.4, -0.2) is 25.0 Å². The molecule has 0 saturated carbocycles. The molecule has 1 atom stereocenters. The molecule has 0 aromatic carbocycles. The molecule has 1 aliphatic heterocycles. The van der Waals surface area contributed by atoms with Crippen molar-refractivity contribution in [3.8, 4) is 0 Å². The highest BCUT2D eigenvalue weighted by atomic mass is 32.2. The van der Waals surface area contributed by atoms with Crippen LogP contribution in [0.1, 0.15) is 12.1 Å². The summed E-state index contributed by atoms with van der Waals surface area (Å²) in [6, 6.07) is 0. The van der Waals surface area contributed by atoms with Gasteiger partial charge in [0.05, 0.1) is 16.5 Å². The zero-order valence-corrected chi connectivity index (χ0v) is 7.10. The third kappa shape index (κ3) is 0.994. The Hall–Kier alpha value is -0.710. The van der Waals surface area contributed by atoms with Crippen LogP contribution in [0.15, 0.2) is 5.03 Å². The van der Waals surface area contributed by atoms with Gasteiger partial charge in [-0.05, 0) is 12.8 Å². The summed E-state index contributed by atoms with van der Waals surface area (Å²) in [5.74, 6) is 0.742. The molecule has 1 aromatic rings. The van der Waals surface area contributed by atoms with E-state index in [0.29, 0.717) is 5.03 Å². The molecular weight excluding hydrogens is 162 g/mol. The summed E-state index contributed by atoms with van der Waals surface area (Å²) in [6.07, 6.45) is 1.95. The fourth-order valence-electron chi connectivity index (χ4n) is 1.27. The molecule has 60 valence electrons. The molecule has 0 fully saturated rings. The quantitative estimate of drug-likeness (QED) is 0.546. The van der Waals surface area contributed by atoms with Crippen molar-refractivity contribution in [2.75, 3.05) is 5.75 Å². The van der Waals surface area contributed by atoms with E-state index >= 15 is 0 Å². The van der Waals surface area contributed by atoms with Crippen molar-refractivity contribution in [1.82, 2.24) is 15.0 Å². The number of nitrogens with zero attached hydrogens (tertiary/aromatic N) is 3. The molecule has 1 unspecified atom stereocenters. The Balaban J connectivity index is 2.55. The number of hydrogen-bond acceptors (Lipinski definition) is 3. The van der Waals surface area contributed by atoms with E-state index in [4.69, 9.17) is 0 Å². The van der Waals surface area contributed by atoms with Crippen LogP contribution in [0, 0.1) is 0 Å². The fraction of sp³-hybridized carbons (Fsp3) is 0.667. The molecule has 1 aliphatic rings. The highest BCUT2D eigenvalue weighted by Crippen LogP contribution is 2.17. The molecule has 0 saturated heterocycles. The van der Waals surface area contributed by atoms with Crippen LogP contribution >= 0.6 is 0 Å². The predicted octanol–water partition coefficient (Wildman–Crippen LogP) is -0.131. The van der Waals surface area contributed by atoms with Crippen molar-refractivity contribution < 1.29 is 4.21 Å². The van der Waals surface area contributed by atoms with Gasteiger partial charge in [0.15, 0.2) is 5.03 Å². The zero-order chi connectivity index (χ0) is 7.84. The van der Waals surface area contributed by atoms with Gasteiger partial charge in [0.25, 0.3) is 0 Å². The van der Waals surface area contributed by atoms with Crippen LogP contribution in [0.5, 0.6) is 0 Å². The van der Waals surface area contributed by atoms with Crippen molar-refractivity contribution in [3.05, 3.63) is 5.69 Å². The number of aromatic nitrogens is 3. The summed E-state index contributed by atoms with van der Waals surface area (Å²) in [4.78, 5) is 0. The molecule has 0 amide bonds. The van der Waals surface area contributed by atoms with Crippen molar-refractivity contribution >= 4 is 10.8 Å². The highest BCUT2D eigenvalue weighted by Gasteiger charge is 2.20. The third-order valence-corrected chi connectivity index (χ3v) is 3.27. The molecule has 0 aliphatic carbocycles. The van der Waals surface area contributed by atoms with Gasteiger partial charge >= 0.3 is 0 Å². The molecule has 1 aromatic heterocycles. The van der Waals surface area contributed by atoms with Gasteiger partial charge < -0.3 is 0 Å². The van der Waals surface area contributed by atoms with Crippen LogP contribution < -0.4 is 0 Å². The molecular formula is C6H9N3OS. The first kappa shape index (κ1) is 6.97. The Kier molecular flexibility index (Phi) is 1.52. The molecule has 0 N–H and O–H groups in total. The predicted molar refractivity (Wildman–Crippen MR) is 40.6 cm³/mol. The van der Waals surface area contributed by atoms with Gasteiger partial charge in [-0.15, -0.1) is 5.10 Å². The SMILES string of the molecule is Cn1nnc2c1CCCS2=O. The van der Waals surface area contributed by atoms with E-state index in [1.165, 1.54) is 0 Å². The molecule has 4 nitrogen and oxygen atoms in total. The Morgan fingerprint density at radius 1 is 1.64 bits per heavy atom. The number of rotatable bonds is 0. The largest absolute Gasteiger partial charge is 0.253 e. The third-order valence-electron chi connectivity index (χ3n) is 1.87. The molecule has 5 heteroatoms. The maximum atomic E-state index is 11.3. The van der Waals surface area contributed by atoms with Gasteiger partial charge in [0.2, 0.25) is 0 Å². The standard InChI is InChI=1S/C6H9N3OS/c1-9-5-3-2-4-11(10)6(5)7-8-9/h2-4H2,1H3. The molecule has 2 heterocycles. The summed E-state index contributed by atoms with van der Waals surface area (Å²) in [6.45, 7) is 0. The Bertz CT molecular complexity index is 307. The van der Waals surface area contributed by atoms with Crippen LogP contribution in [0.4, 0.5) is 0 Å². The van der Waals surface area contributed by atoms with Crippen molar-refractivity contribution in [3.63, 3.8) is 0 Å². The smallest absolute Gasteiger partial charge is 0.172 e. The van der Waals surface area contributed by atoms with E-state index in [9.17, 15) is 4.21 Å². The zero-order valence-electron chi connectivity index (χ0n) is 6.28. The lowest BCUT2D eigenvalue weighted by Crippen LogP contribution is -2.11. The van der Waals surface area contributed by atoms with Crippen LogP contribution in [-0.2, 0) is 24.3 Å². The molecule has 11 heavy (non-hydrogen) atoms. The van der Waals surface area contributed by atoms with Gasteiger partial charge in [-0.25, -0.2) is 0 Å². The molecule has 0 radical (unpaired) electrons. The van der Waals surface area contributed by atoms with Crippen molar-refractivity contribution in [2.24, 2.45) is 7.05 Å². The molecule has 0 spiro atoms. The normalized spacial score (nSPS) is 23.2. The fourth-order valence-corrected chi connectivity index (χ4v) is 2.50. The molecule has 0 bridgehead atoms. The first-order valence-electron chi connectivity index (χ1n) is 3.56. The molecule has 2 rings (SSSR count). The average molecular weight is 171 g/mol. The Morgan fingerprint density at radius 2 is 2.45 bits per heavy atom. The van der Waals surface area contributed by atoms with Crippen LogP contribution in [0.3, 0.4) is 0 Å². The summed E-state index contributed by atoms with van der Waals surface area (Å²) in [7, 11) is 0.953. The minimum Gasteiger partial charge on any atom is -0.253 e. The summed E-state index contributed by atoms with van der Waals surface area (Å²) in [5, 5.41) is 8.37. The van der Waals surface area contributed by atoms with E-state index in [-0.39, 0.29) is 0 Å². The topological polar surface area (TPSA) is 47.8 Å². The van der Waals surface area contributed by atoms with Crippen LogP contribution in [0.25, 0.3) is 0 Å². The lowest BCUT2D eigenvalue weighted by molar-refractivity contribution is 0.655. The maximum Gasteiger partial charge on any atom is 0.172 e. The monoisotopic (exact) mass is 171 g/mol. The maximum absolute atomic E-state index is 11.3. The van der Waals surface area contributed by atoms with Gasteiger partial charge in [-0.3, -0.25) is 8.89 Å². The minimum atomic E-state index is -0.889. The Labute approximate surface area is 67.1 Å². The average Bonchev–Trinajstić information content (AvgIpc) is 2.35. The van der Waals surface area contributed by atoms with Gasteiger partial charge in [0.1, 0.15) is 0 Å². The summed E-state index contributed by atoms with van der Waals surface area (Å²) >= 11 is 0. The van der Waals surface area contributed by atoms with E-state index in [1.54, 1.807) is 4.68 Å². The number of aryl methyl sites for hydroxylation is 1. The van der Waals surface area contributed by atoms with Gasteiger partial charge in [-0.1, -0.05) is 5.21 Å². The van der Waals surface area contributed by atoms with E-state index in [0.717, 1.165) is 24.3 Å². The summed E-state index contributed by atoms with van der Waals surface area (Å²) in [5.41, 5.74) is 1.04. The lowest BCUT2D eigenvalue weighted by atomic mass is 10.2. The second-order valence-corrected chi connectivity index (χ2v) is 4.10. The van der Waals surface area contributed by atoms with Crippen molar-refractivity contribution in [1.29, 1.82) is 0 Å². The Morgan fingerprint density at radius 3 is 3.18 bits per heavy atom. The van der Waals surface area contributed by atoms with E-state index < -0.39 is 10.8 Å². The summed E-state index contributed by atoms with van der Waals surface area (Å²) < 4.78 is 13.0. The van der Waals surface area contributed by atoms with Gasteiger partial charge in [0, 0.05) is 12.8 Å². The number of fused-ring (bicyclic) bond motifs is 1. The van der Waals surface area contributed by atoms with Crippen LogP contribution in [0.2, 0.25) is 0 Å². The number of hydrogen-bond donors (Lipinski definition) is 0. The lowest BCUT2D eigenvalue weighted by Gasteiger charge is -2.08. The van der Waals surface area contributed by atoms with Gasteiger partial charge in [-0.2, -0.15) is 0 Å². The van der Waals surface area contributed by atoms with Crippen molar-refractivity contribution in [2.45, 2.75) is 17.9 Å². The van der Waals surface area contributed by atoms with E-state index in [2.05, 4.69) is 10.3 Å². The highest BCUT2D eigenvalue weighted by molar-refractivity contribution is 7.85. The first-order valence-corrected chi connectivity index (χ1v) is 4.88. The van der Waals surface area contributed by atoms with E-state index in [1.807, 2.05) is 7.05 Å². The second-order valence-electron chi connectivity index (χ2n) is 2.62. The first-order chi connectivity index (χ1) is 5.29. The minimum absolute atomic E-state index is 0.693.